The molecule has 5 nitrogen and oxygen atoms in total. The van der Waals surface area contributed by atoms with Crippen LogP contribution >= 0.6 is 0 Å². The quantitative estimate of drug-likeness (QED) is 0.800. The monoisotopic (exact) mass is 328 g/mol. The van der Waals surface area contributed by atoms with Crippen molar-refractivity contribution in [2.45, 2.75) is 11.8 Å². The standard InChI is InChI=1S/C17H16N2O3S/c1-2-19(13-6-4-3-5-7-13)23(21,22)14-8-9-16-15(12-14)17(20)10-11-18-16/h3-12H,2H2,1H3,(H,18,20). The molecule has 0 bridgehead atoms. The number of aromatic amines is 1. The Bertz CT molecular complexity index is 995. The molecule has 1 aromatic heterocycles. The van der Waals surface area contributed by atoms with Crippen LogP contribution in [0, 0.1) is 0 Å². The zero-order valence-corrected chi connectivity index (χ0v) is 13.4. The average Bonchev–Trinajstić information content (AvgIpc) is 2.56. The molecular formula is C17H16N2O3S. The van der Waals surface area contributed by atoms with Gasteiger partial charge in [0.25, 0.3) is 10.0 Å². The molecule has 0 saturated heterocycles. The topological polar surface area (TPSA) is 70.2 Å². The van der Waals surface area contributed by atoms with Crippen LogP contribution in [0.2, 0.25) is 0 Å². The van der Waals surface area contributed by atoms with Crippen molar-refractivity contribution in [1.82, 2.24) is 4.98 Å². The predicted molar refractivity (Wildman–Crippen MR) is 91.2 cm³/mol. The molecule has 1 N–H and O–H groups in total. The van der Waals surface area contributed by atoms with Crippen molar-refractivity contribution >= 4 is 26.6 Å². The van der Waals surface area contributed by atoms with Crippen LogP contribution in [0.25, 0.3) is 10.9 Å². The number of sulfonamides is 1. The highest BCUT2D eigenvalue weighted by atomic mass is 32.2. The first-order chi connectivity index (χ1) is 11.0. The second-order valence-corrected chi connectivity index (χ2v) is 6.92. The molecule has 3 rings (SSSR count). The zero-order chi connectivity index (χ0) is 16.4. The van der Waals surface area contributed by atoms with E-state index in [1.165, 1.54) is 22.5 Å². The summed E-state index contributed by atoms with van der Waals surface area (Å²) in [6.45, 7) is 2.08. The van der Waals surface area contributed by atoms with E-state index in [0.717, 1.165) is 0 Å². The molecule has 0 fully saturated rings. The molecule has 6 heteroatoms. The van der Waals surface area contributed by atoms with E-state index in [1.54, 1.807) is 43.5 Å². The number of fused-ring (bicyclic) bond motifs is 1. The second kappa shape index (κ2) is 5.89. The van der Waals surface area contributed by atoms with E-state index in [2.05, 4.69) is 4.98 Å². The van der Waals surface area contributed by atoms with Crippen molar-refractivity contribution in [3.63, 3.8) is 0 Å². The summed E-state index contributed by atoms with van der Waals surface area (Å²) in [5.74, 6) is 0. The third-order valence-electron chi connectivity index (χ3n) is 3.65. The normalized spacial score (nSPS) is 11.5. The van der Waals surface area contributed by atoms with Crippen LogP contribution in [0.3, 0.4) is 0 Å². The Morgan fingerprint density at radius 1 is 1.04 bits per heavy atom. The van der Waals surface area contributed by atoms with E-state index in [0.29, 0.717) is 23.1 Å². The number of anilines is 1. The summed E-state index contributed by atoms with van der Waals surface area (Å²) in [4.78, 5) is 15.0. The van der Waals surface area contributed by atoms with Gasteiger partial charge in [0.15, 0.2) is 5.43 Å². The Kier molecular flexibility index (Phi) is 3.92. The van der Waals surface area contributed by atoms with Crippen LogP contribution in [0.1, 0.15) is 6.92 Å². The summed E-state index contributed by atoms with van der Waals surface area (Å²) in [6.07, 6.45) is 1.54. The first kappa shape index (κ1) is 15.3. The van der Waals surface area contributed by atoms with Crippen molar-refractivity contribution in [1.29, 1.82) is 0 Å². The molecule has 0 aliphatic rings. The SMILES string of the molecule is CCN(c1ccccc1)S(=O)(=O)c1ccc2[nH]ccc(=O)c2c1. The first-order valence-corrected chi connectivity index (χ1v) is 8.67. The van der Waals surface area contributed by atoms with Gasteiger partial charge in [-0.3, -0.25) is 9.10 Å². The molecule has 1 heterocycles. The molecule has 3 aromatic rings. The van der Waals surface area contributed by atoms with Crippen molar-refractivity contribution in [2.24, 2.45) is 0 Å². The molecule has 0 radical (unpaired) electrons. The molecular weight excluding hydrogens is 312 g/mol. The minimum atomic E-state index is -3.73. The number of para-hydroxylation sites is 1. The third kappa shape index (κ3) is 2.73. The Balaban J connectivity index is 2.15. The van der Waals surface area contributed by atoms with Gasteiger partial charge in [-0.15, -0.1) is 0 Å². The summed E-state index contributed by atoms with van der Waals surface area (Å²) in [6, 6.07) is 14.8. The van der Waals surface area contributed by atoms with Crippen molar-refractivity contribution in [3.05, 3.63) is 71.0 Å². The number of H-pyrrole nitrogens is 1. The van der Waals surface area contributed by atoms with Gasteiger partial charge < -0.3 is 4.98 Å². The Morgan fingerprint density at radius 3 is 2.48 bits per heavy atom. The number of nitrogens with one attached hydrogen (secondary N) is 1. The average molecular weight is 328 g/mol. The van der Waals surface area contributed by atoms with Gasteiger partial charge in [0.1, 0.15) is 0 Å². The predicted octanol–water partition coefficient (Wildman–Crippen LogP) is 2.74. The highest BCUT2D eigenvalue weighted by Crippen LogP contribution is 2.24. The van der Waals surface area contributed by atoms with E-state index >= 15 is 0 Å². The lowest BCUT2D eigenvalue weighted by Crippen LogP contribution is -2.30. The summed E-state index contributed by atoms with van der Waals surface area (Å²) in [5.41, 5.74) is 0.995. The van der Waals surface area contributed by atoms with E-state index in [4.69, 9.17) is 0 Å². The van der Waals surface area contributed by atoms with Gasteiger partial charge in [0.2, 0.25) is 0 Å². The van der Waals surface area contributed by atoms with Gasteiger partial charge >= 0.3 is 0 Å². The van der Waals surface area contributed by atoms with Gasteiger partial charge in [-0.05, 0) is 37.3 Å². The number of hydrogen-bond donors (Lipinski definition) is 1. The maximum Gasteiger partial charge on any atom is 0.264 e. The Morgan fingerprint density at radius 2 is 1.78 bits per heavy atom. The number of benzene rings is 2. The Labute approximate surface area is 134 Å². The molecule has 0 amide bonds. The fraction of sp³-hybridized carbons (Fsp3) is 0.118. The molecule has 118 valence electrons. The van der Waals surface area contributed by atoms with Gasteiger partial charge in [-0.2, -0.15) is 0 Å². The molecule has 2 aromatic carbocycles. The van der Waals surface area contributed by atoms with Gasteiger partial charge in [-0.1, -0.05) is 18.2 Å². The van der Waals surface area contributed by atoms with E-state index in [-0.39, 0.29) is 10.3 Å². The minimum absolute atomic E-state index is 0.104. The lowest BCUT2D eigenvalue weighted by molar-refractivity contribution is 0.592. The molecule has 0 aliphatic heterocycles. The van der Waals surface area contributed by atoms with E-state index in [1.807, 2.05) is 6.07 Å². The minimum Gasteiger partial charge on any atom is -0.361 e. The first-order valence-electron chi connectivity index (χ1n) is 7.23. The van der Waals surface area contributed by atoms with Crippen LogP contribution in [-0.2, 0) is 10.0 Å². The third-order valence-corrected chi connectivity index (χ3v) is 5.55. The van der Waals surface area contributed by atoms with Gasteiger partial charge in [0.05, 0.1) is 10.6 Å². The molecule has 0 unspecified atom stereocenters. The van der Waals surface area contributed by atoms with Crippen molar-refractivity contribution in [2.75, 3.05) is 10.8 Å². The van der Waals surface area contributed by atoms with Crippen LogP contribution < -0.4 is 9.73 Å². The maximum atomic E-state index is 12.9. The summed E-state index contributed by atoms with van der Waals surface area (Å²) in [7, 11) is -3.73. The number of rotatable bonds is 4. The summed E-state index contributed by atoms with van der Waals surface area (Å²) in [5, 5.41) is 0.359. The van der Waals surface area contributed by atoms with Crippen LogP contribution in [0.5, 0.6) is 0 Å². The summed E-state index contributed by atoms with van der Waals surface area (Å²) < 4.78 is 27.2. The maximum absolute atomic E-state index is 12.9. The van der Waals surface area contributed by atoms with Crippen LogP contribution in [0.4, 0.5) is 5.69 Å². The largest absolute Gasteiger partial charge is 0.361 e. The summed E-state index contributed by atoms with van der Waals surface area (Å²) >= 11 is 0. The number of pyridine rings is 1. The molecule has 0 atom stereocenters. The number of hydrogen-bond acceptors (Lipinski definition) is 3. The number of nitrogens with zero attached hydrogens (tertiary/aromatic N) is 1. The Hall–Kier alpha value is -2.60. The van der Waals surface area contributed by atoms with Gasteiger partial charge in [-0.25, -0.2) is 8.42 Å². The smallest absolute Gasteiger partial charge is 0.264 e. The van der Waals surface area contributed by atoms with Crippen molar-refractivity contribution < 1.29 is 8.42 Å². The molecule has 0 spiro atoms. The fourth-order valence-electron chi connectivity index (χ4n) is 2.52. The van der Waals surface area contributed by atoms with Crippen LogP contribution in [0.15, 0.2) is 70.5 Å². The lowest BCUT2D eigenvalue weighted by Gasteiger charge is -2.23. The lowest BCUT2D eigenvalue weighted by atomic mass is 10.2. The highest BCUT2D eigenvalue weighted by Gasteiger charge is 2.23. The second-order valence-electron chi connectivity index (χ2n) is 5.05. The highest BCUT2D eigenvalue weighted by molar-refractivity contribution is 7.92. The van der Waals surface area contributed by atoms with Gasteiger partial charge in [0, 0.05) is 29.7 Å². The van der Waals surface area contributed by atoms with Crippen LogP contribution in [-0.4, -0.2) is 19.9 Å². The fourth-order valence-corrected chi connectivity index (χ4v) is 4.02. The zero-order valence-electron chi connectivity index (χ0n) is 12.6. The molecule has 23 heavy (non-hydrogen) atoms. The van der Waals surface area contributed by atoms with E-state index < -0.39 is 10.0 Å². The van der Waals surface area contributed by atoms with Crippen molar-refractivity contribution in [3.8, 4) is 0 Å². The number of aromatic nitrogens is 1. The molecule has 0 saturated carbocycles. The molecule has 0 aliphatic carbocycles. The van der Waals surface area contributed by atoms with E-state index in [9.17, 15) is 13.2 Å².